The van der Waals surface area contributed by atoms with Gasteiger partial charge in [0.25, 0.3) is 11.8 Å². The lowest BCUT2D eigenvalue weighted by molar-refractivity contribution is -0.123. The molecule has 2 amide bonds. The van der Waals surface area contributed by atoms with E-state index in [1.54, 1.807) is 6.92 Å². The van der Waals surface area contributed by atoms with E-state index in [1.165, 1.54) is 0 Å². The summed E-state index contributed by atoms with van der Waals surface area (Å²) in [4.78, 5) is 23.5. The Morgan fingerprint density at radius 3 is 2.22 bits per heavy atom. The number of thiol groups is 2. The van der Waals surface area contributed by atoms with E-state index in [4.69, 9.17) is 0 Å². The Kier molecular flexibility index (Phi) is 3.65. The van der Waals surface area contributed by atoms with Crippen molar-refractivity contribution in [2.75, 3.05) is 4.72 Å². The number of benzene rings is 1. The largest absolute Gasteiger partial charge is 0.328 e. The second-order valence-corrected chi connectivity index (χ2v) is 9.61. The van der Waals surface area contributed by atoms with Gasteiger partial charge in [-0.3, -0.25) is 14.9 Å². The topological polar surface area (TPSA) is 58.2 Å². The van der Waals surface area contributed by atoms with Crippen molar-refractivity contribution in [2.45, 2.75) is 6.92 Å². The van der Waals surface area contributed by atoms with Crippen molar-refractivity contribution in [1.82, 2.24) is 5.32 Å². The van der Waals surface area contributed by atoms with Crippen molar-refractivity contribution in [1.29, 1.82) is 0 Å². The third-order valence-electron chi connectivity index (χ3n) is 2.43. The summed E-state index contributed by atoms with van der Waals surface area (Å²) in [7, 11) is -2.16. The van der Waals surface area contributed by atoms with Crippen LogP contribution in [0.25, 0.3) is 0 Å². The van der Waals surface area contributed by atoms with Gasteiger partial charge >= 0.3 is 0 Å². The van der Waals surface area contributed by atoms with Crippen LogP contribution in [0, 0.1) is 0 Å². The molecule has 0 atom stereocenters. The predicted octanol–water partition coefficient (Wildman–Crippen LogP) is 2.44. The summed E-state index contributed by atoms with van der Waals surface area (Å²) >= 11 is 8.84. The Labute approximate surface area is 116 Å². The molecule has 96 valence electrons. The van der Waals surface area contributed by atoms with Crippen LogP contribution >= 0.6 is 31.6 Å². The Balaban J connectivity index is 2.32. The molecule has 0 saturated carbocycles. The number of amides is 2. The highest BCUT2D eigenvalue weighted by Gasteiger charge is 2.36. The molecule has 1 aliphatic heterocycles. The quantitative estimate of drug-likeness (QED) is 0.394. The first-order valence-electron chi connectivity index (χ1n) is 5.09. The Bertz CT molecular complexity index is 540. The van der Waals surface area contributed by atoms with Crippen LogP contribution in [-0.4, -0.2) is 11.8 Å². The number of hydrogen-bond acceptors (Lipinski definition) is 5. The highest BCUT2D eigenvalue weighted by Crippen LogP contribution is 2.64. The van der Waals surface area contributed by atoms with Crippen molar-refractivity contribution in [3.05, 3.63) is 40.8 Å². The number of carbonyl (C=O) groups is 2. The molecular formula is C11H12N2O2S3. The molecule has 0 spiro atoms. The molecule has 2 rings (SSSR count). The van der Waals surface area contributed by atoms with Crippen LogP contribution in [0.2, 0.25) is 0 Å². The zero-order valence-electron chi connectivity index (χ0n) is 9.51. The smallest absolute Gasteiger partial charge is 0.266 e. The molecule has 0 unspecified atom stereocenters. The molecule has 7 heteroatoms. The maximum absolute atomic E-state index is 11.7. The number of hydrogen-bond donors (Lipinski definition) is 4. The van der Waals surface area contributed by atoms with Gasteiger partial charge in [0.1, 0.15) is 0 Å². The summed E-state index contributed by atoms with van der Waals surface area (Å²) in [6.07, 6.45) is 0. The van der Waals surface area contributed by atoms with E-state index < -0.39 is 14.2 Å². The highest BCUT2D eigenvalue weighted by molar-refractivity contribution is 9.19. The molecule has 1 aromatic rings. The van der Waals surface area contributed by atoms with Gasteiger partial charge in [0, 0.05) is 11.3 Å². The number of nitrogens with one attached hydrogen (secondary N) is 2. The van der Waals surface area contributed by atoms with Crippen molar-refractivity contribution in [3.63, 3.8) is 0 Å². The van der Waals surface area contributed by atoms with Crippen LogP contribution in [0.3, 0.4) is 0 Å². The minimum atomic E-state index is -2.16. The summed E-state index contributed by atoms with van der Waals surface area (Å²) < 4.78 is 3.08. The van der Waals surface area contributed by atoms with Gasteiger partial charge in [-0.1, -0.05) is 41.5 Å². The summed E-state index contributed by atoms with van der Waals surface area (Å²) in [5.41, 5.74) is 1.16. The lowest BCUT2D eigenvalue weighted by atomic mass is 10.3. The standard InChI is InChI=1S/C11H12N2O2S3/c1-7-9(11(15)12-10(7)14)18(16,17)13-8-5-3-2-4-6-8/h2-6,13,16-17H,1H3,(H,12,14,15). The predicted molar refractivity (Wildman–Crippen MR) is 81.5 cm³/mol. The first-order valence-corrected chi connectivity index (χ1v) is 8.83. The molecule has 0 saturated heterocycles. The van der Waals surface area contributed by atoms with Crippen LogP contribution in [0.4, 0.5) is 5.69 Å². The molecule has 1 heterocycles. The highest BCUT2D eigenvalue weighted by atomic mass is 33.5. The van der Waals surface area contributed by atoms with Gasteiger partial charge in [-0.15, -0.1) is 0 Å². The van der Waals surface area contributed by atoms with Crippen molar-refractivity contribution < 1.29 is 9.59 Å². The van der Waals surface area contributed by atoms with E-state index in [0.717, 1.165) is 5.69 Å². The third-order valence-corrected chi connectivity index (χ3v) is 5.66. The monoisotopic (exact) mass is 300 g/mol. The number of imide groups is 1. The fourth-order valence-corrected chi connectivity index (χ4v) is 4.94. The average Bonchev–Trinajstić information content (AvgIpc) is 2.54. The third kappa shape index (κ3) is 2.52. The van der Waals surface area contributed by atoms with Gasteiger partial charge in [0.15, 0.2) is 0 Å². The van der Waals surface area contributed by atoms with E-state index in [1.807, 2.05) is 30.3 Å². The van der Waals surface area contributed by atoms with Gasteiger partial charge in [0.2, 0.25) is 0 Å². The minimum Gasteiger partial charge on any atom is -0.328 e. The lowest BCUT2D eigenvalue weighted by Crippen LogP contribution is -2.23. The molecular weight excluding hydrogens is 288 g/mol. The number of para-hydroxylation sites is 1. The Hall–Kier alpha value is -1.05. The second kappa shape index (κ2) is 4.91. The summed E-state index contributed by atoms with van der Waals surface area (Å²) in [5, 5.41) is 2.24. The first kappa shape index (κ1) is 13.4. The fraction of sp³-hybridized carbons (Fsp3) is 0.0909. The summed E-state index contributed by atoms with van der Waals surface area (Å²) in [5.74, 6) is -0.814. The Morgan fingerprint density at radius 2 is 1.72 bits per heavy atom. The number of anilines is 1. The molecule has 0 radical (unpaired) electrons. The van der Waals surface area contributed by atoms with Crippen LogP contribution in [0.1, 0.15) is 6.92 Å². The number of rotatable bonds is 3. The molecule has 2 N–H and O–H groups in total. The molecule has 1 aromatic carbocycles. The molecule has 0 bridgehead atoms. The Morgan fingerprint density at radius 1 is 1.11 bits per heavy atom. The second-order valence-electron chi connectivity index (χ2n) is 3.75. The SMILES string of the molecule is CC1=C(S(S)(S)Nc2ccccc2)C(=O)NC1=O. The van der Waals surface area contributed by atoms with Gasteiger partial charge in [-0.05, 0) is 27.3 Å². The lowest BCUT2D eigenvalue weighted by Gasteiger charge is -2.31. The van der Waals surface area contributed by atoms with Gasteiger partial charge in [-0.2, -0.15) is 0 Å². The van der Waals surface area contributed by atoms with Crippen molar-refractivity contribution in [3.8, 4) is 0 Å². The van der Waals surface area contributed by atoms with Crippen LogP contribution in [0.5, 0.6) is 0 Å². The maximum Gasteiger partial charge on any atom is 0.266 e. The van der Waals surface area contributed by atoms with Crippen molar-refractivity contribution >= 4 is 49.1 Å². The van der Waals surface area contributed by atoms with E-state index in [9.17, 15) is 9.59 Å². The van der Waals surface area contributed by atoms with E-state index in [2.05, 4.69) is 33.4 Å². The van der Waals surface area contributed by atoms with Gasteiger partial charge < -0.3 is 4.72 Å². The fourth-order valence-electron chi connectivity index (χ4n) is 1.59. The van der Waals surface area contributed by atoms with Crippen LogP contribution < -0.4 is 10.0 Å². The first-order chi connectivity index (χ1) is 8.42. The average molecular weight is 300 g/mol. The van der Waals surface area contributed by atoms with Crippen molar-refractivity contribution in [2.24, 2.45) is 0 Å². The molecule has 1 aliphatic rings. The molecule has 0 aromatic heterocycles. The van der Waals surface area contributed by atoms with E-state index >= 15 is 0 Å². The zero-order valence-corrected chi connectivity index (χ0v) is 12.1. The minimum absolute atomic E-state index is 0.308. The molecule has 0 fully saturated rings. The summed E-state index contributed by atoms with van der Waals surface area (Å²) in [6, 6.07) is 9.30. The molecule has 18 heavy (non-hydrogen) atoms. The van der Waals surface area contributed by atoms with Crippen LogP contribution in [-0.2, 0) is 9.59 Å². The normalized spacial score (nSPS) is 16.8. The van der Waals surface area contributed by atoms with Crippen LogP contribution in [0.15, 0.2) is 40.8 Å². The maximum atomic E-state index is 11.7. The zero-order chi connectivity index (χ0) is 13.3. The molecule has 4 nitrogen and oxygen atoms in total. The van der Waals surface area contributed by atoms with E-state index in [-0.39, 0.29) is 5.91 Å². The number of carbonyl (C=O) groups excluding carboxylic acids is 2. The summed E-state index contributed by atoms with van der Waals surface area (Å²) in [6.45, 7) is 1.59. The van der Waals surface area contributed by atoms with E-state index in [0.29, 0.717) is 10.5 Å². The molecule has 0 aliphatic carbocycles. The van der Waals surface area contributed by atoms with Gasteiger partial charge in [-0.25, -0.2) is 0 Å². The van der Waals surface area contributed by atoms with Gasteiger partial charge in [0.05, 0.1) is 4.91 Å².